The molecule has 4 aromatic heterocycles. The largest absolute Gasteiger partial charge is 0.375 e. The van der Waals surface area contributed by atoms with Crippen molar-refractivity contribution in [2.24, 2.45) is 0 Å². The first-order valence-corrected chi connectivity index (χ1v) is 25.6. The fraction of sp³-hybridized carbons (Fsp3) is 0.0154. The molecule has 7 nitrogen and oxygen atoms in total. The molecule has 0 unspecified atom stereocenters. The van der Waals surface area contributed by atoms with E-state index in [1.54, 1.807) is 0 Å². The third-order valence-electron chi connectivity index (χ3n) is 16.3. The highest BCUT2D eigenvalue weighted by Crippen LogP contribution is 2.56. The summed E-state index contributed by atoms with van der Waals surface area (Å²) in [5.41, 5.74) is 24.1. The molecule has 0 saturated heterocycles. The van der Waals surface area contributed by atoms with Crippen LogP contribution < -0.4 is 36.6 Å². The van der Waals surface area contributed by atoms with E-state index in [1.807, 2.05) is 24.5 Å². The molecule has 4 aliphatic heterocycles. The first-order chi connectivity index (χ1) is 36.7. The summed E-state index contributed by atoms with van der Waals surface area (Å²) < 4.78 is 5.44. The van der Waals surface area contributed by atoms with E-state index in [4.69, 9.17) is 9.97 Å². The lowest BCUT2D eigenvalue weighted by molar-refractivity contribution is 1.17. The molecule has 9 aromatic carbocycles. The molecular formula is C65H41B2N7. The van der Waals surface area contributed by atoms with Crippen LogP contribution in [0.2, 0.25) is 0 Å². The Kier molecular flexibility index (Phi) is 7.98. The molecule has 0 bridgehead atoms. The predicted molar refractivity (Wildman–Crippen MR) is 309 cm³/mol. The number of rotatable bonds is 5. The topological polar surface area (TPSA) is 45.4 Å². The van der Waals surface area contributed by atoms with Crippen LogP contribution in [-0.4, -0.2) is 32.6 Å². The predicted octanol–water partition coefficient (Wildman–Crippen LogP) is 13.3. The first-order valence-electron chi connectivity index (χ1n) is 25.6. The number of fused-ring (bicyclic) bond motifs is 16. The van der Waals surface area contributed by atoms with Crippen LogP contribution in [0, 0.1) is 6.92 Å². The lowest BCUT2D eigenvalue weighted by atomic mass is 9.44. The van der Waals surface area contributed by atoms with E-state index in [-0.39, 0.29) is 13.7 Å². The Balaban J connectivity index is 1.10. The zero-order chi connectivity index (χ0) is 48.3. The van der Waals surface area contributed by atoms with Gasteiger partial charge in [-0.2, -0.15) is 0 Å². The Labute approximate surface area is 427 Å². The smallest absolute Gasteiger partial charge is 0.333 e. The van der Waals surface area contributed by atoms with Crippen molar-refractivity contribution in [1.82, 2.24) is 18.9 Å². The van der Waals surface area contributed by atoms with Gasteiger partial charge in [-0.1, -0.05) is 127 Å². The van der Waals surface area contributed by atoms with Gasteiger partial charge in [0, 0.05) is 107 Å². The van der Waals surface area contributed by atoms with E-state index in [0.29, 0.717) is 0 Å². The minimum Gasteiger partial charge on any atom is -0.375 e. The van der Waals surface area contributed by atoms with Gasteiger partial charge in [0.1, 0.15) is 11.6 Å². The Hall–Kier alpha value is -9.59. The molecule has 13 aromatic rings. The Bertz CT molecular complexity index is 4490. The van der Waals surface area contributed by atoms with Gasteiger partial charge in [-0.15, -0.1) is 0 Å². The minimum absolute atomic E-state index is 0.112. The summed E-state index contributed by atoms with van der Waals surface area (Å²) in [7, 11) is 0. The molecule has 0 saturated carbocycles. The quantitative estimate of drug-likeness (QED) is 0.161. The standard InChI is InChI=1S/C65H41B2N7/c1-40-36-46-60-58-44-24-8-12-28-50(44)74-65(58)61(59-45-25-9-13-29-51(45)73(64(59)60)66-48-26-10-14-30-52(48)71(54(37-40)62(46)66)56-32-16-18-34-68-56)47-38-43(70(41-20-4-2-5-21-41)42-22-6-3-7-23-42)39-55-63(47)67(74)49-27-11-15-31-53(49)72(55)57-33-17-19-35-69-57/h2-39H,1H3. The zero-order valence-electron chi connectivity index (χ0n) is 40.2. The molecule has 4 aliphatic rings. The monoisotopic (exact) mass is 941 g/mol. The van der Waals surface area contributed by atoms with E-state index < -0.39 is 0 Å². The number of para-hydroxylation sites is 6. The van der Waals surface area contributed by atoms with E-state index >= 15 is 0 Å². The lowest BCUT2D eigenvalue weighted by Gasteiger charge is -2.42. The van der Waals surface area contributed by atoms with Crippen LogP contribution in [-0.2, 0) is 0 Å². The van der Waals surface area contributed by atoms with Crippen molar-refractivity contribution >= 4 is 131 Å². The SMILES string of the molecule is Cc1cc2c3c(c1)N(c1ccccn1)c1ccccc1B3n1c3ccccc3c3c4c5c(c-2c31)c1ccccc1n5B1c2ccccc2N(c2ccccn2)c2cc(N(c3ccccc3)c3ccccc3)cc-4c21. The summed E-state index contributed by atoms with van der Waals surface area (Å²) in [6.07, 6.45) is 3.83. The summed E-state index contributed by atoms with van der Waals surface area (Å²) in [6, 6.07) is 80.4. The molecule has 0 atom stereocenters. The van der Waals surface area contributed by atoms with Crippen LogP contribution in [0.3, 0.4) is 0 Å². The average molecular weight is 942 g/mol. The highest BCUT2D eigenvalue weighted by molar-refractivity contribution is 6.92. The van der Waals surface area contributed by atoms with Crippen molar-refractivity contribution in [3.63, 3.8) is 0 Å². The number of hydrogen-bond acceptors (Lipinski definition) is 5. The number of aryl methyl sites for hydroxylation is 1. The second-order valence-corrected chi connectivity index (χ2v) is 20.1. The first kappa shape index (κ1) is 40.1. The number of anilines is 9. The van der Waals surface area contributed by atoms with Gasteiger partial charge in [0.25, 0.3) is 0 Å². The molecule has 74 heavy (non-hydrogen) atoms. The maximum absolute atomic E-state index is 5.13. The Morgan fingerprint density at radius 2 is 0.838 bits per heavy atom. The fourth-order valence-corrected chi connectivity index (χ4v) is 13.7. The summed E-state index contributed by atoms with van der Waals surface area (Å²) in [4.78, 5) is 17.4. The van der Waals surface area contributed by atoms with Crippen molar-refractivity contribution in [2.45, 2.75) is 6.92 Å². The van der Waals surface area contributed by atoms with E-state index in [2.05, 4.69) is 237 Å². The molecule has 0 spiro atoms. The molecule has 8 heterocycles. The second-order valence-electron chi connectivity index (χ2n) is 20.1. The molecule has 0 N–H and O–H groups in total. The highest BCUT2D eigenvalue weighted by Gasteiger charge is 2.48. The van der Waals surface area contributed by atoms with Gasteiger partial charge in [-0.25, -0.2) is 9.97 Å². The summed E-state index contributed by atoms with van der Waals surface area (Å²) in [6.45, 7) is 1.99. The number of hydrogen-bond donors (Lipinski definition) is 0. The number of benzene rings is 9. The van der Waals surface area contributed by atoms with Gasteiger partial charge in [0.05, 0.1) is 0 Å². The van der Waals surface area contributed by atoms with Gasteiger partial charge in [0.15, 0.2) is 0 Å². The molecule has 342 valence electrons. The summed E-state index contributed by atoms with van der Waals surface area (Å²) in [5.74, 6) is 1.78. The number of pyridine rings is 2. The van der Waals surface area contributed by atoms with E-state index in [1.165, 1.54) is 99.0 Å². The van der Waals surface area contributed by atoms with Crippen molar-refractivity contribution in [3.8, 4) is 22.3 Å². The van der Waals surface area contributed by atoms with Crippen molar-refractivity contribution in [2.75, 3.05) is 14.7 Å². The van der Waals surface area contributed by atoms with Gasteiger partial charge in [-0.05, 0) is 136 Å². The van der Waals surface area contributed by atoms with Crippen LogP contribution >= 0.6 is 0 Å². The van der Waals surface area contributed by atoms with Gasteiger partial charge < -0.3 is 13.9 Å². The lowest BCUT2D eigenvalue weighted by Crippen LogP contribution is -2.57. The van der Waals surface area contributed by atoms with Crippen LogP contribution in [0.15, 0.2) is 231 Å². The maximum atomic E-state index is 5.13. The zero-order valence-corrected chi connectivity index (χ0v) is 40.2. The Morgan fingerprint density at radius 3 is 1.35 bits per heavy atom. The third-order valence-corrected chi connectivity index (χ3v) is 16.3. The number of nitrogens with zero attached hydrogens (tertiary/aromatic N) is 7. The van der Waals surface area contributed by atoms with Crippen LogP contribution in [0.4, 0.5) is 51.4 Å². The number of aromatic nitrogens is 4. The second kappa shape index (κ2) is 14.7. The van der Waals surface area contributed by atoms with Crippen molar-refractivity contribution < 1.29 is 0 Å². The normalized spacial score (nSPS) is 13.4. The van der Waals surface area contributed by atoms with E-state index in [9.17, 15) is 0 Å². The summed E-state index contributed by atoms with van der Waals surface area (Å²) >= 11 is 0. The maximum Gasteiger partial charge on any atom is 0.333 e. The molecule has 9 heteroatoms. The molecule has 0 aliphatic carbocycles. The van der Waals surface area contributed by atoms with Crippen LogP contribution in [0.5, 0.6) is 0 Å². The van der Waals surface area contributed by atoms with Crippen molar-refractivity contribution in [3.05, 3.63) is 236 Å². The van der Waals surface area contributed by atoms with Gasteiger partial charge >= 0.3 is 13.7 Å². The van der Waals surface area contributed by atoms with Crippen LogP contribution in [0.25, 0.3) is 65.9 Å². The minimum atomic E-state index is -0.158. The summed E-state index contributed by atoms with van der Waals surface area (Å²) in [5, 5.41) is 5.05. The third kappa shape index (κ3) is 5.12. The molecular weight excluding hydrogens is 900 g/mol. The van der Waals surface area contributed by atoms with Gasteiger partial charge in [0.2, 0.25) is 0 Å². The highest BCUT2D eigenvalue weighted by atomic mass is 15.2. The van der Waals surface area contributed by atoms with Crippen molar-refractivity contribution in [1.29, 1.82) is 0 Å². The Morgan fingerprint density at radius 1 is 0.392 bits per heavy atom. The van der Waals surface area contributed by atoms with Gasteiger partial charge in [-0.3, -0.25) is 9.80 Å². The van der Waals surface area contributed by atoms with Crippen LogP contribution in [0.1, 0.15) is 5.56 Å². The molecule has 0 radical (unpaired) electrons. The molecule has 17 rings (SSSR count). The molecule has 0 fully saturated rings. The van der Waals surface area contributed by atoms with E-state index in [0.717, 1.165) is 45.8 Å². The molecule has 0 amide bonds. The fourth-order valence-electron chi connectivity index (χ4n) is 13.7. The average Bonchev–Trinajstić information content (AvgIpc) is 4.09.